The van der Waals surface area contributed by atoms with Crippen molar-refractivity contribution < 1.29 is 24.2 Å². The number of fused-ring (bicyclic) bond motifs is 6. The summed E-state index contributed by atoms with van der Waals surface area (Å²) in [4.78, 5) is 45.9. The van der Waals surface area contributed by atoms with Gasteiger partial charge in [0.2, 0.25) is 5.60 Å². The summed E-state index contributed by atoms with van der Waals surface area (Å²) in [7, 11) is 1.93. The molecule has 0 unspecified atom stereocenters. The minimum Gasteiger partial charge on any atom is -0.508 e. The Morgan fingerprint density at radius 2 is 1.93 bits per heavy atom. The van der Waals surface area contributed by atoms with Gasteiger partial charge in [-0.3, -0.25) is 9.59 Å². The first-order valence-electron chi connectivity index (χ1n) is 14.8. The van der Waals surface area contributed by atoms with Gasteiger partial charge in [-0.05, 0) is 54.3 Å². The maximum atomic E-state index is 14.0. The van der Waals surface area contributed by atoms with Crippen molar-refractivity contribution in [2.75, 3.05) is 0 Å². The van der Waals surface area contributed by atoms with E-state index in [2.05, 4.69) is 0 Å². The first-order chi connectivity index (χ1) is 21.2. The third-order valence-electron chi connectivity index (χ3n) is 9.11. The molecule has 3 N–H and O–H groups in total. The predicted octanol–water partition coefficient (Wildman–Crippen LogP) is 3.96. The smallest absolute Gasteiger partial charge is 0.355 e. The SMILES string of the molecule is CCc1c2c(nc3ccc(O)cc13)-c1cc3c(c(=O)n1C2)COC(=O)[C@]3(CC)OC(=O)[C@H](N)Cc1cn(C)c2ccccc12. The highest BCUT2D eigenvalue weighted by Gasteiger charge is 2.51. The van der Waals surface area contributed by atoms with Crippen molar-refractivity contribution in [2.45, 2.75) is 57.9 Å². The number of phenolic OH excluding ortho intramolecular Hbond substituents is 1. The van der Waals surface area contributed by atoms with Crippen LogP contribution in [-0.2, 0) is 57.7 Å². The Balaban J connectivity index is 1.30. The zero-order valence-corrected chi connectivity index (χ0v) is 24.7. The number of ether oxygens (including phenoxy) is 2. The predicted molar refractivity (Wildman–Crippen MR) is 164 cm³/mol. The fraction of sp³-hybridized carbons (Fsp3) is 0.294. The molecule has 5 heterocycles. The number of phenols is 1. The van der Waals surface area contributed by atoms with Crippen LogP contribution in [0, 0.1) is 0 Å². The van der Waals surface area contributed by atoms with E-state index in [0.717, 1.165) is 33.0 Å². The van der Waals surface area contributed by atoms with E-state index in [1.807, 2.05) is 49.0 Å². The van der Waals surface area contributed by atoms with Crippen LogP contribution in [0.2, 0.25) is 0 Å². The number of nitrogens with zero attached hydrogens (tertiary/aromatic N) is 3. The van der Waals surface area contributed by atoms with Gasteiger partial charge in [-0.2, -0.15) is 0 Å². The van der Waals surface area contributed by atoms with Gasteiger partial charge in [0.1, 0.15) is 18.4 Å². The standard InChI is InChI=1S/C34H32N4O6/c1-4-20-22-13-19(39)10-11-27(22)36-30-23(20)16-38-29(30)14-25-24(31(38)40)17-43-33(42)34(25,5-2)44-32(41)26(35)12-18-15-37(3)28-9-7-6-8-21(18)28/h6-11,13-15,26,39H,4-5,12,16-17,35H2,1-3H3/t26-,34-/m1/s1. The average Bonchev–Trinajstić information content (AvgIpc) is 3.54. The second-order valence-corrected chi connectivity index (χ2v) is 11.6. The summed E-state index contributed by atoms with van der Waals surface area (Å²) in [5.74, 6) is -1.36. The van der Waals surface area contributed by atoms with Crippen molar-refractivity contribution in [2.24, 2.45) is 12.8 Å². The van der Waals surface area contributed by atoms with Gasteiger partial charge >= 0.3 is 11.9 Å². The lowest BCUT2D eigenvalue weighted by Crippen LogP contribution is -2.50. The molecule has 0 radical (unpaired) electrons. The van der Waals surface area contributed by atoms with E-state index in [4.69, 9.17) is 20.2 Å². The average molecular weight is 593 g/mol. The number of aromatic nitrogens is 3. The lowest BCUT2D eigenvalue weighted by Gasteiger charge is -2.36. The van der Waals surface area contributed by atoms with Crippen molar-refractivity contribution in [3.63, 3.8) is 0 Å². The number of pyridine rings is 2. The quantitative estimate of drug-likeness (QED) is 0.277. The van der Waals surface area contributed by atoms with Crippen LogP contribution in [0.5, 0.6) is 5.75 Å². The molecule has 2 aliphatic heterocycles. The number of benzene rings is 2. The van der Waals surface area contributed by atoms with E-state index in [1.54, 1.807) is 35.8 Å². The van der Waals surface area contributed by atoms with Gasteiger partial charge in [-0.25, -0.2) is 9.78 Å². The van der Waals surface area contributed by atoms with Crippen molar-refractivity contribution in [3.05, 3.63) is 92.9 Å². The highest BCUT2D eigenvalue weighted by molar-refractivity contribution is 5.91. The molecule has 10 nitrogen and oxygen atoms in total. The Bertz CT molecular complexity index is 2090. The van der Waals surface area contributed by atoms with Crippen LogP contribution < -0.4 is 11.3 Å². The van der Waals surface area contributed by atoms with Gasteiger partial charge < -0.3 is 29.4 Å². The molecular formula is C34H32N4O6. The highest BCUT2D eigenvalue weighted by atomic mass is 16.6. The summed E-state index contributed by atoms with van der Waals surface area (Å²) in [5.41, 5.74) is 10.4. The van der Waals surface area contributed by atoms with Gasteiger partial charge in [0, 0.05) is 47.1 Å². The molecule has 0 saturated carbocycles. The molecule has 44 heavy (non-hydrogen) atoms. The summed E-state index contributed by atoms with van der Waals surface area (Å²) >= 11 is 0. The van der Waals surface area contributed by atoms with Crippen LogP contribution in [-0.4, -0.2) is 37.2 Å². The van der Waals surface area contributed by atoms with Crippen LogP contribution in [0.15, 0.2) is 59.5 Å². The fourth-order valence-electron chi connectivity index (χ4n) is 6.87. The van der Waals surface area contributed by atoms with Crippen LogP contribution >= 0.6 is 0 Å². The van der Waals surface area contributed by atoms with Crippen LogP contribution in [0.1, 0.15) is 48.1 Å². The number of aryl methyl sites for hydroxylation is 2. The number of hydrogen-bond acceptors (Lipinski definition) is 8. The first-order valence-corrected chi connectivity index (χ1v) is 14.8. The largest absolute Gasteiger partial charge is 0.508 e. The van der Waals surface area contributed by atoms with E-state index < -0.39 is 23.6 Å². The number of carbonyl (C=O) groups is 2. The molecule has 3 aromatic heterocycles. The normalized spacial score (nSPS) is 17.7. The summed E-state index contributed by atoms with van der Waals surface area (Å²) in [6.45, 7) is 3.80. The Kier molecular flexibility index (Phi) is 6.36. The number of para-hydroxylation sites is 1. The molecule has 0 spiro atoms. The maximum absolute atomic E-state index is 14.0. The maximum Gasteiger partial charge on any atom is 0.355 e. The van der Waals surface area contributed by atoms with Crippen molar-refractivity contribution in [1.82, 2.24) is 14.1 Å². The summed E-state index contributed by atoms with van der Waals surface area (Å²) in [6, 6.07) is 13.5. The van der Waals surface area contributed by atoms with Gasteiger partial charge in [0.25, 0.3) is 5.56 Å². The van der Waals surface area contributed by atoms with E-state index in [9.17, 15) is 19.5 Å². The van der Waals surface area contributed by atoms with Gasteiger partial charge in [0.05, 0.1) is 29.0 Å². The molecule has 0 amide bonds. The Morgan fingerprint density at radius 3 is 2.70 bits per heavy atom. The molecule has 5 aromatic rings. The zero-order chi connectivity index (χ0) is 30.9. The Hall–Kier alpha value is -4.96. The summed E-state index contributed by atoms with van der Waals surface area (Å²) < 4.78 is 15.1. The lowest BCUT2D eigenvalue weighted by molar-refractivity contribution is -0.190. The van der Waals surface area contributed by atoms with Crippen LogP contribution in [0.3, 0.4) is 0 Å². The first kappa shape index (κ1) is 27.8. The van der Waals surface area contributed by atoms with Gasteiger partial charge in [-0.15, -0.1) is 0 Å². The molecule has 10 heteroatoms. The molecule has 2 aliphatic rings. The minimum atomic E-state index is -1.84. The van der Waals surface area contributed by atoms with E-state index >= 15 is 0 Å². The van der Waals surface area contributed by atoms with Crippen LogP contribution in [0.4, 0.5) is 0 Å². The summed E-state index contributed by atoms with van der Waals surface area (Å²) in [5, 5.41) is 11.9. The number of hydrogen-bond donors (Lipinski definition) is 2. The highest BCUT2D eigenvalue weighted by Crippen LogP contribution is 2.42. The number of carbonyl (C=O) groups excluding carboxylic acids is 2. The molecule has 2 aromatic carbocycles. The monoisotopic (exact) mass is 592 g/mol. The second kappa shape index (κ2) is 10.1. The molecule has 224 valence electrons. The van der Waals surface area contributed by atoms with E-state index in [1.165, 1.54) is 0 Å². The zero-order valence-electron chi connectivity index (χ0n) is 24.7. The van der Waals surface area contributed by atoms with E-state index in [-0.39, 0.29) is 36.3 Å². The number of aromatic hydroxyl groups is 1. The van der Waals surface area contributed by atoms with Gasteiger partial charge in [-0.1, -0.05) is 32.0 Å². The third kappa shape index (κ3) is 3.97. The van der Waals surface area contributed by atoms with Gasteiger partial charge in [0.15, 0.2) is 0 Å². The molecule has 0 bridgehead atoms. The second-order valence-electron chi connectivity index (χ2n) is 11.6. The van der Waals surface area contributed by atoms with Crippen molar-refractivity contribution >= 4 is 33.7 Å². The molecule has 7 rings (SSSR count). The molecular weight excluding hydrogens is 560 g/mol. The fourth-order valence-corrected chi connectivity index (χ4v) is 6.87. The van der Waals surface area contributed by atoms with E-state index in [0.29, 0.717) is 35.4 Å². The number of esters is 2. The minimum absolute atomic E-state index is 0.0476. The molecule has 0 aliphatic carbocycles. The molecule has 2 atom stereocenters. The van der Waals surface area contributed by atoms with Crippen molar-refractivity contribution in [3.8, 4) is 17.1 Å². The lowest BCUT2D eigenvalue weighted by atomic mass is 9.85. The number of cyclic esters (lactones) is 1. The number of rotatable bonds is 6. The topological polar surface area (TPSA) is 139 Å². The summed E-state index contributed by atoms with van der Waals surface area (Å²) in [6.07, 6.45) is 2.85. The van der Waals surface area contributed by atoms with Crippen molar-refractivity contribution in [1.29, 1.82) is 0 Å². The number of nitrogens with two attached hydrogens (primary N) is 1. The Morgan fingerprint density at radius 1 is 1.14 bits per heavy atom. The molecule has 0 fully saturated rings. The van der Waals surface area contributed by atoms with Crippen LogP contribution in [0.25, 0.3) is 33.2 Å². The Labute approximate surface area is 252 Å². The molecule has 0 saturated heterocycles. The third-order valence-corrected chi connectivity index (χ3v) is 9.11.